The molecule has 0 heterocycles. The molecular weight excluding hydrogens is 220 g/mol. The molecule has 0 atom stereocenters. The summed E-state index contributed by atoms with van der Waals surface area (Å²) in [4.78, 5) is 20.6. The molecule has 0 amide bonds. The van der Waals surface area contributed by atoms with Gasteiger partial charge in [-0.05, 0) is 20.3 Å². The van der Waals surface area contributed by atoms with Crippen LogP contribution < -0.4 is 0 Å². The summed E-state index contributed by atoms with van der Waals surface area (Å²) < 4.78 is 9.32. The van der Waals surface area contributed by atoms with Crippen molar-refractivity contribution in [2.45, 2.75) is 39.7 Å². The molecule has 98 valence electrons. The van der Waals surface area contributed by atoms with Gasteiger partial charge in [0.2, 0.25) is 0 Å². The highest BCUT2D eigenvalue weighted by atomic mass is 16.5. The third-order valence-electron chi connectivity index (χ3n) is 1.43. The molecule has 0 fully saturated rings. The Morgan fingerprint density at radius 2 is 1.71 bits per heavy atom. The Kier molecular flexibility index (Phi) is 13.1. The SMILES string of the molecule is C=CC(=O)OC(C)C.C=CC(=O)OCCCC. The summed E-state index contributed by atoms with van der Waals surface area (Å²) in [6, 6.07) is 0. The lowest BCUT2D eigenvalue weighted by Gasteiger charge is -2.02. The fraction of sp³-hybridized carbons (Fsp3) is 0.538. The van der Waals surface area contributed by atoms with E-state index in [1.165, 1.54) is 6.08 Å². The summed E-state index contributed by atoms with van der Waals surface area (Å²) in [5.41, 5.74) is 0. The number of unbranched alkanes of at least 4 members (excludes halogenated alkanes) is 1. The van der Waals surface area contributed by atoms with Crippen LogP contribution in [-0.2, 0) is 19.1 Å². The van der Waals surface area contributed by atoms with E-state index >= 15 is 0 Å². The number of carbonyl (C=O) groups is 2. The van der Waals surface area contributed by atoms with Crippen LogP contribution in [0.15, 0.2) is 25.3 Å². The highest BCUT2D eigenvalue weighted by Gasteiger charge is 1.96. The Labute approximate surface area is 103 Å². The predicted octanol–water partition coefficient (Wildman–Crippen LogP) is 2.64. The molecule has 0 aromatic heterocycles. The summed E-state index contributed by atoms with van der Waals surface area (Å²) in [6.07, 6.45) is 4.26. The number of ether oxygens (including phenoxy) is 2. The lowest BCUT2D eigenvalue weighted by Crippen LogP contribution is -2.07. The molecule has 0 N–H and O–H groups in total. The van der Waals surface area contributed by atoms with Crippen LogP contribution in [-0.4, -0.2) is 24.6 Å². The Morgan fingerprint density at radius 3 is 2.00 bits per heavy atom. The largest absolute Gasteiger partial charge is 0.463 e. The van der Waals surface area contributed by atoms with E-state index in [2.05, 4.69) is 22.6 Å². The fourth-order valence-corrected chi connectivity index (χ4v) is 0.656. The van der Waals surface area contributed by atoms with Gasteiger partial charge in [-0.1, -0.05) is 26.5 Å². The average molecular weight is 242 g/mol. The molecule has 0 aromatic rings. The van der Waals surface area contributed by atoms with Crippen LogP contribution in [0.5, 0.6) is 0 Å². The minimum Gasteiger partial charge on any atom is -0.463 e. The fourth-order valence-electron chi connectivity index (χ4n) is 0.656. The number of esters is 2. The molecule has 0 aliphatic carbocycles. The second-order valence-corrected chi connectivity index (χ2v) is 3.41. The normalized spacial score (nSPS) is 8.71. The molecule has 0 spiro atoms. The molecule has 0 radical (unpaired) electrons. The summed E-state index contributed by atoms with van der Waals surface area (Å²) in [7, 11) is 0. The van der Waals surface area contributed by atoms with Gasteiger partial charge in [-0.3, -0.25) is 0 Å². The Balaban J connectivity index is 0. The van der Waals surface area contributed by atoms with E-state index in [1.807, 2.05) is 6.92 Å². The first kappa shape index (κ1) is 17.8. The predicted molar refractivity (Wildman–Crippen MR) is 67.5 cm³/mol. The first-order chi connectivity index (χ1) is 7.97. The van der Waals surface area contributed by atoms with Gasteiger partial charge in [0.25, 0.3) is 0 Å². The molecule has 0 saturated carbocycles. The quantitative estimate of drug-likeness (QED) is 0.408. The lowest BCUT2D eigenvalue weighted by atomic mass is 10.4. The van der Waals surface area contributed by atoms with Crippen LogP contribution in [0, 0.1) is 0 Å². The van der Waals surface area contributed by atoms with Crippen LogP contribution >= 0.6 is 0 Å². The molecular formula is C13H22O4. The molecule has 0 unspecified atom stereocenters. The standard InChI is InChI=1S/C7H12O2.C6H10O2/c1-3-5-6-9-7(8)4-2;1-4-6(7)8-5(2)3/h4H,2-3,5-6H2,1H3;4-5H,1H2,2-3H3. The average Bonchev–Trinajstić information content (AvgIpc) is 2.29. The second-order valence-electron chi connectivity index (χ2n) is 3.41. The van der Waals surface area contributed by atoms with Gasteiger partial charge in [-0.25, -0.2) is 9.59 Å². The monoisotopic (exact) mass is 242 g/mol. The Bertz CT molecular complexity index is 244. The first-order valence-corrected chi connectivity index (χ1v) is 5.60. The van der Waals surface area contributed by atoms with Crippen molar-refractivity contribution in [2.75, 3.05) is 6.61 Å². The molecule has 0 aromatic carbocycles. The highest BCUT2D eigenvalue weighted by molar-refractivity contribution is 5.81. The molecule has 17 heavy (non-hydrogen) atoms. The minimum absolute atomic E-state index is 0.0412. The van der Waals surface area contributed by atoms with E-state index < -0.39 is 0 Å². The summed E-state index contributed by atoms with van der Waals surface area (Å²) in [5.74, 6) is -0.691. The molecule has 0 aliphatic rings. The van der Waals surface area contributed by atoms with E-state index in [4.69, 9.17) is 0 Å². The smallest absolute Gasteiger partial charge is 0.330 e. The van der Waals surface area contributed by atoms with Gasteiger partial charge in [0, 0.05) is 12.2 Å². The van der Waals surface area contributed by atoms with Crippen molar-refractivity contribution in [3.05, 3.63) is 25.3 Å². The van der Waals surface area contributed by atoms with Gasteiger partial charge in [0.15, 0.2) is 0 Å². The molecule has 0 aliphatic heterocycles. The first-order valence-electron chi connectivity index (χ1n) is 5.60. The van der Waals surface area contributed by atoms with Crippen molar-refractivity contribution in [1.82, 2.24) is 0 Å². The maximum atomic E-state index is 10.3. The molecule has 4 nitrogen and oxygen atoms in total. The van der Waals surface area contributed by atoms with Gasteiger partial charge in [-0.2, -0.15) is 0 Å². The van der Waals surface area contributed by atoms with Crippen molar-refractivity contribution >= 4 is 11.9 Å². The van der Waals surface area contributed by atoms with E-state index in [-0.39, 0.29) is 18.0 Å². The van der Waals surface area contributed by atoms with Gasteiger partial charge >= 0.3 is 11.9 Å². The van der Waals surface area contributed by atoms with Crippen LogP contribution in [0.4, 0.5) is 0 Å². The number of hydrogen-bond donors (Lipinski definition) is 0. The summed E-state index contributed by atoms with van der Waals surface area (Å²) in [5, 5.41) is 0. The number of rotatable bonds is 6. The third kappa shape index (κ3) is 17.1. The van der Waals surface area contributed by atoms with E-state index in [1.54, 1.807) is 13.8 Å². The van der Waals surface area contributed by atoms with Crippen LogP contribution in [0.3, 0.4) is 0 Å². The van der Waals surface area contributed by atoms with E-state index in [0.29, 0.717) is 6.61 Å². The lowest BCUT2D eigenvalue weighted by molar-refractivity contribution is -0.141. The zero-order chi connectivity index (χ0) is 13.7. The van der Waals surface area contributed by atoms with E-state index in [0.717, 1.165) is 18.9 Å². The Morgan fingerprint density at radius 1 is 1.18 bits per heavy atom. The van der Waals surface area contributed by atoms with Gasteiger partial charge in [0.05, 0.1) is 12.7 Å². The van der Waals surface area contributed by atoms with Crippen LogP contribution in [0.1, 0.15) is 33.6 Å². The summed E-state index contributed by atoms with van der Waals surface area (Å²) in [6.45, 7) is 12.6. The second kappa shape index (κ2) is 12.5. The zero-order valence-corrected chi connectivity index (χ0v) is 10.9. The topological polar surface area (TPSA) is 52.6 Å². The Hall–Kier alpha value is -1.58. The summed E-state index contributed by atoms with van der Waals surface area (Å²) >= 11 is 0. The minimum atomic E-state index is -0.361. The zero-order valence-electron chi connectivity index (χ0n) is 10.9. The molecule has 0 bridgehead atoms. The van der Waals surface area contributed by atoms with Gasteiger partial charge in [-0.15, -0.1) is 0 Å². The third-order valence-corrected chi connectivity index (χ3v) is 1.43. The van der Waals surface area contributed by atoms with Crippen molar-refractivity contribution < 1.29 is 19.1 Å². The van der Waals surface area contributed by atoms with Crippen LogP contribution in [0.2, 0.25) is 0 Å². The van der Waals surface area contributed by atoms with Crippen molar-refractivity contribution in [1.29, 1.82) is 0 Å². The molecule has 0 rings (SSSR count). The molecule has 0 saturated heterocycles. The number of carbonyl (C=O) groups excluding carboxylic acids is 2. The van der Waals surface area contributed by atoms with Crippen LogP contribution in [0.25, 0.3) is 0 Å². The van der Waals surface area contributed by atoms with Gasteiger partial charge in [0.1, 0.15) is 0 Å². The van der Waals surface area contributed by atoms with Crippen molar-refractivity contribution in [2.24, 2.45) is 0 Å². The number of hydrogen-bond acceptors (Lipinski definition) is 4. The van der Waals surface area contributed by atoms with Gasteiger partial charge < -0.3 is 9.47 Å². The van der Waals surface area contributed by atoms with E-state index in [9.17, 15) is 9.59 Å². The maximum absolute atomic E-state index is 10.3. The van der Waals surface area contributed by atoms with Crippen molar-refractivity contribution in [3.63, 3.8) is 0 Å². The highest BCUT2D eigenvalue weighted by Crippen LogP contribution is 1.88. The molecule has 4 heteroatoms. The van der Waals surface area contributed by atoms with Crippen molar-refractivity contribution in [3.8, 4) is 0 Å². The maximum Gasteiger partial charge on any atom is 0.330 e.